The van der Waals surface area contributed by atoms with Crippen molar-refractivity contribution in [1.82, 2.24) is 0 Å². The average molecular weight is 304 g/mol. The maximum absolute atomic E-state index is 10.7. The number of hydrogen-bond donors (Lipinski definition) is 0. The van der Waals surface area contributed by atoms with E-state index in [4.69, 9.17) is 4.74 Å². The summed E-state index contributed by atoms with van der Waals surface area (Å²) in [6, 6.07) is 16.6. The summed E-state index contributed by atoms with van der Waals surface area (Å²) < 4.78 is 16.5. The van der Waals surface area contributed by atoms with Crippen molar-refractivity contribution >= 4 is 14.9 Å². The van der Waals surface area contributed by atoms with Gasteiger partial charge in [-0.3, -0.25) is 0 Å². The van der Waals surface area contributed by atoms with Gasteiger partial charge in [-0.1, -0.05) is 0 Å². The predicted molar refractivity (Wildman–Crippen MR) is 71.2 cm³/mol. The Kier molecular flexibility index (Phi) is 3.26. The second-order valence-electron chi connectivity index (χ2n) is 4.42. The maximum atomic E-state index is 10.7. The van der Waals surface area contributed by atoms with Crippen molar-refractivity contribution < 1.29 is 8.57 Å². The Hall–Kier alpha value is -1.44. The monoisotopic (exact) mass is 305 g/mol. The minimum atomic E-state index is -0.561. The van der Waals surface area contributed by atoms with Crippen molar-refractivity contribution in [3.05, 3.63) is 54.1 Å². The molecule has 1 aliphatic rings. The van der Waals surface area contributed by atoms with Gasteiger partial charge in [-0.15, -0.1) is 0 Å². The molecule has 91 valence electrons. The Morgan fingerprint density at radius 2 is 1.94 bits per heavy atom. The van der Waals surface area contributed by atoms with Crippen molar-refractivity contribution in [1.29, 1.82) is 0 Å². The standard InChI is InChI=1S/C15H13O2Se/c16-18-10-14-8-13-7-6-12(9-15(13)17-14)11-4-2-1-3-5-11/h1-7,9,14H,8,10H2. The number of rotatable bonds is 3. The molecule has 2 aromatic carbocycles. The molecular weight excluding hydrogens is 291 g/mol. The molecule has 0 saturated heterocycles. The number of fused-ring (bicyclic) bond motifs is 1. The number of hydrogen-bond acceptors (Lipinski definition) is 2. The average Bonchev–Trinajstić information content (AvgIpc) is 2.81. The molecule has 2 aromatic rings. The molecular formula is C15H13O2Se. The summed E-state index contributed by atoms with van der Waals surface area (Å²) in [5.41, 5.74) is 3.59. The first kappa shape index (κ1) is 11.6. The van der Waals surface area contributed by atoms with Crippen LogP contribution in [-0.2, 0) is 10.3 Å². The van der Waals surface area contributed by atoms with E-state index in [-0.39, 0.29) is 6.10 Å². The zero-order valence-corrected chi connectivity index (χ0v) is 11.5. The number of ether oxygens (including phenoxy) is 1. The van der Waals surface area contributed by atoms with Gasteiger partial charge in [0.05, 0.1) is 0 Å². The molecule has 0 bridgehead atoms. The Labute approximate surface area is 112 Å². The van der Waals surface area contributed by atoms with Gasteiger partial charge in [0, 0.05) is 0 Å². The van der Waals surface area contributed by atoms with Crippen LogP contribution in [0.15, 0.2) is 48.5 Å². The third-order valence-electron chi connectivity index (χ3n) is 3.17. The SMILES string of the molecule is O=[Se]CC1Cc2ccc(-c3ccccc3)cc2O1. The Morgan fingerprint density at radius 1 is 1.11 bits per heavy atom. The van der Waals surface area contributed by atoms with Crippen LogP contribution in [-0.4, -0.2) is 21.0 Å². The normalized spacial score (nSPS) is 17.0. The summed E-state index contributed by atoms with van der Waals surface area (Å²) in [7, 11) is 0. The molecule has 0 spiro atoms. The van der Waals surface area contributed by atoms with Gasteiger partial charge >= 0.3 is 112 Å². The van der Waals surface area contributed by atoms with Crippen LogP contribution in [0.5, 0.6) is 5.75 Å². The van der Waals surface area contributed by atoms with Crippen LogP contribution in [0.4, 0.5) is 0 Å². The summed E-state index contributed by atoms with van der Waals surface area (Å²) in [5.74, 6) is 0.950. The van der Waals surface area contributed by atoms with Gasteiger partial charge in [0.15, 0.2) is 0 Å². The molecule has 0 aromatic heterocycles. The van der Waals surface area contributed by atoms with E-state index in [1.165, 1.54) is 16.7 Å². The molecule has 0 fully saturated rings. The van der Waals surface area contributed by atoms with Gasteiger partial charge in [0.25, 0.3) is 0 Å². The fourth-order valence-electron chi connectivity index (χ4n) is 2.28. The summed E-state index contributed by atoms with van der Waals surface area (Å²) >= 11 is -0.561. The van der Waals surface area contributed by atoms with E-state index in [9.17, 15) is 3.83 Å². The van der Waals surface area contributed by atoms with Gasteiger partial charge in [0.2, 0.25) is 0 Å². The third kappa shape index (κ3) is 2.24. The van der Waals surface area contributed by atoms with Crippen LogP contribution >= 0.6 is 0 Å². The molecule has 3 rings (SSSR count). The van der Waals surface area contributed by atoms with Crippen LogP contribution in [0, 0.1) is 0 Å². The first-order valence-electron chi connectivity index (χ1n) is 5.96. The molecule has 3 heteroatoms. The van der Waals surface area contributed by atoms with Gasteiger partial charge < -0.3 is 0 Å². The second-order valence-corrected chi connectivity index (χ2v) is 5.61. The molecule has 2 nitrogen and oxygen atoms in total. The van der Waals surface area contributed by atoms with Gasteiger partial charge in [0.1, 0.15) is 0 Å². The van der Waals surface area contributed by atoms with E-state index in [1.807, 2.05) is 18.2 Å². The predicted octanol–water partition coefficient (Wildman–Crippen LogP) is 3.13. The van der Waals surface area contributed by atoms with E-state index in [1.54, 1.807) is 0 Å². The fourth-order valence-corrected chi connectivity index (χ4v) is 2.99. The van der Waals surface area contributed by atoms with Gasteiger partial charge in [-0.2, -0.15) is 0 Å². The van der Waals surface area contributed by atoms with Crippen molar-refractivity contribution in [2.45, 2.75) is 17.8 Å². The molecule has 1 radical (unpaired) electrons. The van der Waals surface area contributed by atoms with E-state index in [0.29, 0.717) is 5.32 Å². The zero-order chi connectivity index (χ0) is 12.4. The Morgan fingerprint density at radius 3 is 2.72 bits per heavy atom. The van der Waals surface area contributed by atoms with Crippen LogP contribution in [0.3, 0.4) is 0 Å². The quantitative estimate of drug-likeness (QED) is 0.814. The van der Waals surface area contributed by atoms with Crippen molar-refractivity contribution in [2.75, 3.05) is 0 Å². The molecule has 0 N–H and O–H groups in total. The first-order chi connectivity index (χ1) is 8.86. The van der Waals surface area contributed by atoms with E-state index < -0.39 is 14.9 Å². The van der Waals surface area contributed by atoms with Crippen LogP contribution < -0.4 is 4.74 Å². The third-order valence-corrected chi connectivity index (χ3v) is 4.23. The first-order valence-corrected chi connectivity index (χ1v) is 7.87. The minimum absolute atomic E-state index is 0.100. The van der Waals surface area contributed by atoms with E-state index >= 15 is 0 Å². The van der Waals surface area contributed by atoms with Crippen LogP contribution in [0.2, 0.25) is 5.32 Å². The second kappa shape index (κ2) is 5.05. The molecule has 18 heavy (non-hydrogen) atoms. The molecule has 1 heterocycles. The summed E-state index contributed by atoms with van der Waals surface area (Å²) in [5, 5.41) is 0.655. The summed E-state index contributed by atoms with van der Waals surface area (Å²) in [6.07, 6.45) is 0.984. The van der Waals surface area contributed by atoms with Crippen LogP contribution in [0.1, 0.15) is 5.56 Å². The van der Waals surface area contributed by atoms with E-state index in [2.05, 4.69) is 30.3 Å². The molecule has 0 aliphatic carbocycles. The Bertz CT molecular complexity index is 566. The topological polar surface area (TPSA) is 26.3 Å². The molecule has 0 amide bonds. The molecule has 1 unspecified atom stereocenters. The molecule has 0 saturated carbocycles. The summed E-state index contributed by atoms with van der Waals surface area (Å²) in [6.45, 7) is 0. The van der Waals surface area contributed by atoms with Crippen LogP contribution in [0.25, 0.3) is 11.1 Å². The molecule has 1 aliphatic heterocycles. The fraction of sp³-hybridized carbons (Fsp3) is 0.200. The number of benzene rings is 2. The van der Waals surface area contributed by atoms with Crippen molar-refractivity contribution in [3.8, 4) is 16.9 Å². The van der Waals surface area contributed by atoms with E-state index in [0.717, 1.165) is 12.2 Å². The Balaban J connectivity index is 1.90. The van der Waals surface area contributed by atoms with Gasteiger partial charge in [-0.05, 0) is 0 Å². The zero-order valence-electron chi connectivity index (χ0n) is 9.84. The van der Waals surface area contributed by atoms with Gasteiger partial charge in [-0.25, -0.2) is 0 Å². The molecule has 1 atom stereocenters. The summed E-state index contributed by atoms with van der Waals surface area (Å²) in [4.78, 5) is 0. The van der Waals surface area contributed by atoms with Crippen molar-refractivity contribution in [3.63, 3.8) is 0 Å². The van der Waals surface area contributed by atoms with Crippen molar-refractivity contribution in [2.24, 2.45) is 0 Å².